The van der Waals surface area contributed by atoms with Crippen molar-refractivity contribution in [2.75, 3.05) is 26.4 Å². The average molecular weight is 773 g/mol. The molecule has 26 heteroatoms. The van der Waals surface area contributed by atoms with Crippen molar-refractivity contribution >= 4 is 49.7 Å². The van der Waals surface area contributed by atoms with Crippen molar-refractivity contribution in [2.45, 2.75) is 110 Å². The van der Waals surface area contributed by atoms with E-state index in [0.717, 1.165) is 0 Å². The molecule has 0 aromatic heterocycles. The fourth-order valence-electron chi connectivity index (χ4n) is 4.31. The van der Waals surface area contributed by atoms with Gasteiger partial charge in [-0.1, -0.05) is 0 Å². The number of carbonyl (C=O) groups excluding carboxylic acids is 2. The molecule has 2 saturated heterocycles. The molecule has 0 aromatic carbocycles. The summed E-state index contributed by atoms with van der Waals surface area (Å²) in [4.78, 5) is 21.2. The molecule has 2 rings (SSSR count). The third-order valence-corrected chi connectivity index (χ3v) is 7.22. The van der Waals surface area contributed by atoms with Gasteiger partial charge in [-0.2, -0.15) is 0 Å². The van der Waals surface area contributed by atoms with E-state index in [1.807, 2.05) is 0 Å². The summed E-state index contributed by atoms with van der Waals surface area (Å²) in [5.41, 5.74) is 0. The van der Waals surface area contributed by atoms with Crippen molar-refractivity contribution in [3.8, 4) is 0 Å². The molecule has 2 heterocycles. The Bertz CT molecular complexity index is 889. The predicted octanol–water partition coefficient (Wildman–Crippen LogP) is -15.2. The topological polar surface area (TPSA) is 472 Å². The van der Waals surface area contributed by atoms with Crippen LogP contribution in [-0.4, -0.2) is 274 Å². The van der Waals surface area contributed by atoms with Crippen molar-refractivity contribution in [3.63, 3.8) is 0 Å². The van der Waals surface area contributed by atoms with E-state index in [1.54, 1.807) is 0 Å². The number of rotatable bonds is 16. The number of aliphatic hydroxyl groups excluding tert-OH is 16. The van der Waals surface area contributed by atoms with Crippen LogP contribution in [0.2, 0.25) is 0 Å². The zero-order valence-corrected chi connectivity index (χ0v) is 28.1. The monoisotopic (exact) mass is 772 g/mol. The van der Waals surface area contributed by atoms with E-state index < -0.39 is 149 Å². The third kappa shape index (κ3) is 13.3. The molecule has 0 spiro atoms. The summed E-state index contributed by atoms with van der Waals surface area (Å²) in [6.07, 6.45) is -34.5. The summed E-state index contributed by atoms with van der Waals surface area (Å²) >= 11 is 0. The van der Waals surface area contributed by atoms with Gasteiger partial charge in [-0.15, -0.1) is 0 Å². The SMILES string of the molecule is O.O=C([O-])C(O)C(O)C(OC1OC(CO)C(O)C(O)C1O)C(O)CO.O=C([O-])C(O)C(O)C(OC1OC(CO)C(O)C(O)C1O)C(O)CO.[Ca+2]. The second-order valence-electron chi connectivity index (χ2n) is 10.6. The van der Waals surface area contributed by atoms with Gasteiger partial charge in [0.05, 0.1) is 38.4 Å². The molecule has 50 heavy (non-hydrogen) atoms. The van der Waals surface area contributed by atoms with E-state index in [0.29, 0.717) is 0 Å². The van der Waals surface area contributed by atoms with Gasteiger partial charge in [0.1, 0.15) is 97.7 Å². The van der Waals surface area contributed by atoms with Crippen molar-refractivity contribution in [2.24, 2.45) is 0 Å². The van der Waals surface area contributed by atoms with Crippen LogP contribution in [0.4, 0.5) is 0 Å². The molecular formula is C24H44CaO25. The van der Waals surface area contributed by atoms with Gasteiger partial charge in [-0.05, 0) is 0 Å². The summed E-state index contributed by atoms with van der Waals surface area (Å²) in [7, 11) is 0. The minimum Gasteiger partial charge on any atom is -0.547 e. The van der Waals surface area contributed by atoms with Gasteiger partial charge in [0.2, 0.25) is 0 Å². The summed E-state index contributed by atoms with van der Waals surface area (Å²) in [5, 5.41) is 173. The van der Waals surface area contributed by atoms with Gasteiger partial charge in [0, 0.05) is 0 Å². The van der Waals surface area contributed by atoms with Crippen LogP contribution in [-0.2, 0) is 28.5 Å². The normalized spacial score (nSPS) is 34.5. The van der Waals surface area contributed by atoms with Crippen LogP contribution < -0.4 is 10.2 Å². The Morgan fingerprint density at radius 2 is 0.840 bits per heavy atom. The molecule has 18 unspecified atom stereocenters. The van der Waals surface area contributed by atoms with E-state index in [1.165, 1.54) is 0 Å². The molecule has 0 bridgehead atoms. The van der Waals surface area contributed by atoms with Crippen molar-refractivity contribution in [1.82, 2.24) is 0 Å². The number of carboxylic acids is 2. The van der Waals surface area contributed by atoms with Gasteiger partial charge in [-0.3, -0.25) is 0 Å². The Balaban J connectivity index is 0. The zero-order valence-electron chi connectivity index (χ0n) is 25.8. The Kier molecular flexibility index (Phi) is 24.6. The van der Waals surface area contributed by atoms with E-state index in [-0.39, 0.29) is 43.2 Å². The quantitative estimate of drug-likeness (QED) is 0.0647. The van der Waals surface area contributed by atoms with Gasteiger partial charge in [0.15, 0.2) is 12.6 Å². The van der Waals surface area contributed by atoms with Crippen LogP contribution in [0.25, 0.3) is 0 Å². The first-order valence-corrected chi connectivity index (χ1v) is 13.9. The molecule has 0 radical (unpaired) electrons. The Morgan fingerprint density at radius 3 is 1.06 bits per heavy atom. The fraction of sp³-hybridized carbons (Fsp3) is 0.917. The van der Waals surface area contributed by atoms with Crippen molar-refractivity contribution in [3.05, 3.63) is 0 Å². The number of carbonyl (C=O) groups is 2. The molecule has 2 fully saturated rings. The Morgan fingerprint density at radius 1 is 0.560 bits per heavy atom. The van der Waals surface area contributed by atoms with Crippen molar-refractivity contribution < 1.29 is 126 Å². The molecule has 0 aliphatic carbocycles. The third-order valence-electron chi connectivity index (χ3n) is 7.22. The minimum absolute atomic E-state index is 0. The van der Waals surface area contributed by atoms with Crippen molar-refractivity contribution in [1.29, 1.82) is 0 Å². The van der Waals surface area contributed by atoms with E-state index in [9.17, 15) is 81.1 Å². The van der Waals surface area contributed by atoms with Crippen LogP contribution in [0.1, 0.15) is 0 Å². The van der Waals surface area contributed by atoms with Crippen LogP contribution in [0.15, 0.2) is 0 Å². The van der Waals surface area contributed by atoms with Gasteiger partial charge in [0.25, 0.3) is 0 Å². The fourth-order valence-corrected chi connectivity index (χ4v) is 4.31. The molecule has 18 atom stereocenters. The van der Waals surface area contributed by atoms with Crippen LogP contribution in [0.3, 0.4) is 0 Å². The number of aliphatic hydroxyl groups is 16. The molecule has 0 amide bonds. The second-order valence-corrected chi connectivity index (χ2v) is 10.6. The number of carboxylic acid groups (broad SMARTS) is 2. The maximum absolute atomic E-state index is 10.6. The van der Waals surface area contributed by atoms with Gasteiger partial charge < -0.3 is 126 Å². The molecule has 292 valence electrons. The first kappa shape index (κ1) is 51.5. The minimum atomic E-state index is -2.50. The van der Waals surface area contributed by atoms with E-state index in [2.05, 4.69) is 0 Å². The molecule has 18 N–H and O–H groups in total. The average Bonchev–Trinajstić information content (AvgIpc) is 3.07. The maximum atomic E-state index is 10.6. The zero-order chi connectivity index (χ0) is 37.2. The smallest absolute Gasteiger partial charge is 0.547 e. The van der Waals surface area contributed by atoms with Crippen LogP contribution in [0.5, 0.6) is 0 Å². The molecule has 0 saturated carbocycles. The number of aliphatic carboxylic acids is 2. The van der Waals surface area contributed by atoms with Crippen LogP contribution >= 0.6 is 0 Å². The predicted molar refractivity (Wildman–Crippen MR) is 147 cm³/mol. The van der Waals surface area contributed by atoms with Crippen LogP contribution in [0, 0.1) is 0 Å². The summed E-state index contributed by atoms with van der Waals surface area (Å²) in [6, 6.07) is 0. The standard InChI is InChI=1S/2C12H22O12.Ca.H2O/c2*13-1-3(15)10(7(18)8(19)11(21)22)24-12-9(20)6(17)5(16)4(2-14)23-12;;/h2*3-10,12-20H,1-2H2,(H,21,22);;1H2/q;;+2;/p-2. The number of hydrogen-bond acceptors (Lipinski definition) is 24. The maximum Gasteiger partial charge on any atom is 2.00 e. The molecule has 25 nitrogen and oxygen atoms in total. The summed E-state index contributed by atoms with van der Waals surface area (Å²) in [6.45, 7) is -3.58. The van der Waals surface area contributed by atoms with Gasteiger partial charge >= 0.3 is 37.7 Å². The molecule has 2 aliphatic rings. The largest absolute Gasteiger partial charge is 2.00 e. The number of ether oxygens (including phenoxy) is 4. The van der Waals surface area contributed by atoms with E-state index in [4.69, 9.17) is 39.4 Å². The molecule has 2 aliphatic heterocycles. The number of hydrogen-bond donors (Lipinski definition) is 16. The summed E-state index contributed by atoms with van der Waals surface area (Å²) < 4.78 is 19.9. The molecular weight excluding hydrogens is 728 g/mol. The Hall–Kier alpha value is -0.640. The molecule has 0 aromatic rings. The van der Waals surface area contributed by atoms with E-state index >= 15 is 0 Å². The first-order chi connectivity index (χ1) is 22.3. The summed E-state index contributed by atoms with van der Waals surface area (Å²) in [5.74, 6) is -4.18. The Labute approximate surface area is 311 Å². The van der Waals surface area contributed by atoms with Gasteiger partial charge in [-0.25, -0.2) is 0 Å². The first-order valence-electron chi connectivity index (χ1n) is 13.9. The second kappa shape index (κ2) is 23.9.